The molecule has 0 radical (unpaired) electrons. The zero-order chi connectivity index (χ0) is 14.5. The van der Waals surface area contributed by atoms with E-state index in [-0.39, 0.29) is 0 Å². The molecule has 3 aromatic carbocycles. The SMILES string of the molecule is CCNC(Cc1ccc2ccccc2c1)c1ccccc1. The number of rotatable bonds is 5. The van der Waals surface area contributed by atoms with E-state index in [9.17, 15) is 0 Å². The van der Waals surface area contributed by atoms with Gasteiger partial charge in [-0.2, -0.15) is 0 Å². The summed E-state index contributed by atoms with van der Waals surface area (Å²) >= 11 is 0. The normalized spacial score (nSPS) is 12.4. The Balaban J connectivity index is 1.87. The van der Waals surface area contributed by atoms with Crippen molar-refractivity contribution in [1.82, 2.24) is 5.32 Å². The molecule has 0 heterocycles. The first-order chi connectivity index (χ1) is 10.4. The third-order valence-corrected chi connectivity index (χ3v) is 3.91. The lowest BCUT2D eigenvalue weighted by atomic mass is 9.97. The van der Waals surface area contributed by atoms with Gasteiger partial charge in [-0.25, -0.2) is 0 Å². The quantitative estimate of drug-likeness (QED) is 0.709. The Kier molecular flexibility index (Phi) is 4.32. The van der Waals surface area contributed by atoms with Gasteiger partial charge in [-0.05, 0) is 34.9 Å². The van der Waals surface area contributed by atoms with Crippen LogP contribution in [-0.2, 0) is 6.42 Å². The van der Waals surface area contributed by atoms with E-state index in [0.717, 1.165) is 13.0 Å². The summed E-state index contributed by atoms with van der Waals surface area (Å²) in [6.07, 6.45) is 1.02. The van der Waals surface area contributed by atoms with Crippen LogP contribution >= 0.6 is 0 Å². The molecule has 1 heteroatoms. The maximum absolute atomic E-state index is 3.60. The lowest BCUT2D eigenvalue weighted by Crippen LogP contribution is -2.22. The van der Waals surface area contributed by atoms with Gasteiger partial charge in [0.2, 0.25) is 0 Å². The summed E-state index contributed by atoms with van der Waals surface area (Å²) in [5.41, 5.74) is 2.73. The molecule has 0 aromatic heterocycles. The Morgan fingerprint density at radius 2 is 1.52 bits per heavy atom. The Hall–Kier alpha value is -2.12. The topological polar surface area (TPSA) is 12.0 Å². The summed E-state index contributed by atoms with van der Waals surface area (Å²) in [5, 5.41) is 6.22. The first-order valence-electron chi connectivity index (χ1n) is 7.63. The van der Waals surface area contributed by atoms with Crippen LogP contribution in [-0.4, -0.2) is 6.54 Å². The second-order valence-corrected chi connectivity index (χ2v) is 5.41. The molecule has 0 saturated carbocycles. The van der Waals surface area contributed by atoms with Crippen molar-refractivity contribution >= 4 is 10.8 Å². The lowest BCUT2D eigenvalue weighted by Gasteiger charge is -2.18. The number of nitrogens with one attached hydrogen (secondary N) is 1. The summed E-state index contributed by atoms with van der Waals surface area (Å²) < 4.78 is 0. The van der Waals surface area contributed by atoms with Gasteiger partial charge in [0.05, 0.1) is 0 Å². The van der Waals surface area contributed by atoms with Crippen LogP contribution in [0.3, 0.4) is 0 Å². The van der Waals surface area contributed by atoms with E-state index in [1.165, 1.54) is 21.9 Å². The van der Waals surface area contributed by atoms with Crippen LogP contribution in [0.1, 0.15) is 24.1 Å². The standard InChI is InChI=1S/C20H21N/c1-2-21-20(18-9-4-3-5-10-18)15-16-12-13-17-8-6-7-11-19(17)14-16/h3-14,20-21H,2,15H2,1H3. The highest BCUT2D eigenvalue weighted by Crippen LogP contribution is 2.21. The van der Waals surface area contributed by atoms with Crippen molar-refractivity contribution in [2.45, 2.75) is 19.4 Å². The van der Waals surface area contributed by atoms with Crippen LogP contribution in [0, 0.1) is 0 Å². The molecule has 0 saturated heterocycles. The highest BCUT2D eigenvalue weighted by Gasteiger charge is 2.10. The maximum Gasteiger partial charge on any atom is 0.0360 e. The van der Waals surface area contributed by atoms with Crippen LogP contribution in [0.4, 0.5) is 0 Å². The Labute approximate surface area is 126 Å². The Morgan fingerprint density at radius 1 is 0.810 bits per heavy atom. The smallest absolute Gasteiger partial charge is 0.0360 e. The second-order valence-electron chi connectivity index (χ2n) is 5.41. The van der Waals surface area contributed by atoms with Crippen LogP contribution < -0.4 is 5.32 Å². The van der Waals surface area contributed by atoms with Gasteiger partial charge in [-0.3, -0.25) is 0 Å². The van der Waals surface area contributed by atoms with Gasteiger partial charge in [-0.15, -0.1) is 0 Å². The number of fused-ring (bicyclic) bond motifs is 1. The summed E-state index contributed by atoms with van der Waals surface area (Å²) in [4.78, 5) is 0. The van der Waals surface area contributed by atoms with E-state index in [4.69, 9.17) is 0 Å². The fourth-order valence-electron chi connectivity index (χ4n) is 2.84. The molecule has 106 valence electrons. The third kappa shape index (κ3) is 3.32. The number of hydrogen-bond donors (Lipinski definition) is 1. The van der Waals surface area contributed by atoms with Crippen molar-refractivity contribution in [1.29, 1.82) is 0 Å². The van der Waals surface area contributed by atoms with Gasteiger partial charge in [0, 0.05) is 6.04 Å². The van der Waals surface area contributed by atoms with Gasteiger partial charge in [0.1, 0.15) is 0 Å². The highest BCUT2D eigenvalue weighted by molar-refractivity contribution is 5.83. The molecule has 1 atom stereocenters. The van der Waals surface area contributed by atoms with Gasteiger partial charge >= 0.3 is 0 Å². The number of benzene rings is 3. The molecule has 0 spiro atoms. The third-order valence-electron chi connectivity index (χ3n) is 3.91. The van der Waals surface area contributed by atoms with Crippen molar-refractivity contribution in [2.24, 2.45) is 0 Å². The zero-order valence-corrected chi connectivity index (χ0v) is 12.4. The average Bonchev–Trinajstić information content (AvgIpc) is 2.55. The van der Waals surface area contributed by atoms with E-state index in [1.54, 1.807) is 0 Å². The first kappa shape index (κ1) is 13.8. The van der Waals surface area contributed by atoms with Crippen LogP contribution in [0.25, 0.3) is 10.8 Å². The summed E-state index contributed by atoms with van der Waals surface area (Å²) in [6, 6.07) is 26.4. The molecule has 1 unspecified atom stereocenters. The fourth-order valence-corrected chi connectivity index (χ4v) is 2.84. The van der Waals surface area contributed by atoms with E-state index < -0.39 is 0 Å². The summed E-state index contributed by atoms with van der Waals surface area (Å²) in [5.74, 6) is 0. The van der Waals surface area contributed by atoms with Crippen molar-refractivity contribution in [2.75, 3.05) is 6.54 Å². The first-order valence-corrected chi connectivity index (χ1v) is 7.63. The molecule has 3 rings (SSSR count). The van der Waals surface area contributed by atoms with Gasteiger partial charge in [0.25, 0.3) is 0 Å². The Bertz CT molecular complexity index is 703. The van der Waals surface area contributed by atoms with E-state index in [1.807, 2.05) is 0 Å². The second kappa shape index (κ2) is 6.55. The minimum Gasteiger partial charge on any atom is -0.310 e. The van der Waals surface area contributed by atoms with Crippen molar-refractivity contribution in [3.05, 3.63) is 83.9 Å². The predicted octanol–water partition coefficient (Wildman–Crippen LogP) is 4.73. The minimum absolute atomic E-state index is 0.373. The van der Waals surface area contributed by atoms with Gasteiger partial charge in [0.15, 0.2) is 0 Å². The number of hydrogen-bond acceptors (Lipinski definition) is 1. The molecule has 0 fully saturated rings. The maximum atomic E-state index is 3.60. The molecular weight excluding hydrogens is 254 g/mol. The van der Waals surface area contributed by atoms with Crippen LogP contribution in [0.15, 0.2) is 72.8 Å². The Morgan fingerprint density at radius 3 is 2.29 bits per heavy atom. The molecule has 0 aliphatic rings. The molecule has 21 heavy (non-hydrogen) atoms. The fraction of sp³-hybridized carbons (Fsp3) is 0.200. The highest BCUT2D eigenvalue weighted by atomic mass is 14.9. The molecule has 3 aromatic rings. The predicted molar refractivity (Wildman–Crippen MR) is 90.5 cm³/mol. The average molecular weight is 275 g/mol. The summed E-state index contributed by atoms with van der Waals surface area (Å²) in [6.45, 7) is 3.14. The molecule has 0 amide bonds. The van der Waals surface area contributed by atoms with E-state index in [0.29, 0.717) is 6.04 Å². The van der Waals surface area contributed by atoms with Gasteiger partial charge < -0.3 is 5.32 Å². The van der Waals surface area contributed by atoms with Crippen molar-refractivity contribution < 1.29 is 0 Å². The molecule has 1 nitrogen and oxygen atoms in total. The van der Waals surface area contributed by atoms with Crippen LogP contribution in [0.5, 0.6) is 0 Å². The molecule has 1 N–H and O–H groups in total. The van der Waals surface area contributed by atoms with E-state index >= 15 is 0 Å². The van der Waals surface area contributed by atoms with E-state index in [2.05, 4.69) is 85.0 Å². The molecule has 0 aliphatic heterocycles. The monoisotopic (exact) mass is 275 g/mol. The van der Waals surface area contributed by atoms with Crippen molar-refractivity contribution in [3.63, 3.8) is 0 Å². The van der Waals surface area contributed by atoms with Gasteiger partial charge in [-0.1, -0.05) is 79.7 Å². The number of likely N-dealkylation sites (N-methyl/N-ethyl adjacent to an activating group) is 1. The molecule has 0 aliphatic carbocycles. The summed E-state index contributed by atoms with van der Waals surface area (Å²) in [7, 11) is 0. The molecule has 0 bridgehead atoms. The van der Waals surface area contributed by atoms with Crippen LogP contribution in [0.2, 0.25) is 0 Å². The largest absolute Gasteiger partial charge is 0.310 e. The minimum atomic E-state index is 0.373. The molecular formula is C20H21N. The van der Waals surface area contributed by atoms with Crippen molar-refractivity contribution in [3.8, 4) is 0 Å². The zero-order valence-electron chi connectivity index (χ0n) is 12.4. The lowest BCUT2D eigenvalue weighted by molar-refractivity contribution is 0.550.